The molecule has 0 aliphatic rings. The van der Waals surface area contributed by atoms with Crippen LogP contribution in [-0.2, 0) is 16.0 Å². The van der Waals surface area contributed by atoms with Crippen molar-refractivity contribution in [2.75, 3.05) is 0 Å². The first-order valence-corrected chi connectivity index (χ1v) is 5.89. The number of carbonyl (C=O) groups excluding carboxylic acids is 1. The summed E-state index contributed by atoms with van der Waals surface area (Å²) >= 11 is 0. The SMILES string of the molecule is NC=O.O=C(O)Cc1ccc(-c2cc(F)ccc2F)cc1. The summed E-state index contributed by atoms with van der Waals surface area (Å²) in [4.78, 5) is 19.1. The summed E-state index contributed by atoms with van der Waals surface area (Å²) in [6.45, 7) is 0. The van der Waals surface area contributed by atoms with Crippen LogP contribution in [0.5, 0.6) is 0 Å². The molecule has 2 aromatic carbocycles. The third-order valence-corrected chi connectivity index (χ3v) is 2.55. The first-order valence-electron chi connectivity index (χ1n) is 5.89. The van der Waals surface area contributed by atoms with Gasteiger partial charge in [0, 0.05) is 5.56 Å². The highest BCUT2D eigenvalue weighted by molar-refractivity contribution is 5.71. The highest BCUT2D eigenvalue weighted by atomic mass is 19.1. The molecule has 0 spiro atoms. The number of nitrogens with two attached hydrogens (primary N) is 1. The summed E-state index contributed by atoms with van der Waals surface area (Å²) < 4.78 is 26.5. The fourth-order valence-corrected chi connectivity index (χ4v) is 1.70. The van der Waals surface area contributed by atoms with Gasteiger partial charge in [-0.15, -0.1) is 0 Å². The average Bonchev–Trinajstić information content (AvgIpc) is 2.43. The summed E-state index contributed by atoms with van der Waals surface area (Å²) in [6, 6.07) is 9.57. The van der Waals surface area contributed by atoms with E-state index in [-0.39, 0.29) is 18.4 Å². The molecule has 0 bridgehead atoms. The van der Waals surface area contributed by atoms with Crippen molar-refractivity contribution in [2.24, 2.45) is 5.73 Å². The van der Waals surface area contributed by atoms with Crippen molar-refractivity contribution < 1.29 is 23.5 Å². The molecule has 0 radical (unpaired) electrons. The Morgan fingerprint density at radius 2 is 1.71 bits per heavy atom. The number of hydrogen-bond acceptors (Lipinski definition) is 2. The number of amides is 1. The molecule has 1 amide bonds. The van der Waals surface area contributed by atoms with Gasteiger partial charge >= 0.3 is 5.97 Å². The van der Waals surface area contributed by atoms with Crippen LogP contribution in [0.25, 0.3) is 11.1 Å². The predicted octanol–water partition coefficient (Wildman–Crippen LogP) is 2.36. The van der Waals surface area contributed by atoms with Gasteiger partial charge in [-0.3, -0.25) is 9.59 Å². The second kappa shape index (κ2) is 7.74. The van der Waals surface area contributed by atoms with Crippen molar-refractivity contribution >= 4 is 12.4 Å². The minimum Gasteiger partial charge on any atom is -0.481 e. The van der Waals surface area contributed by atoms with Crippen LogP contribution in [0, 0.1) is 11.6 Å². The molecule has 110 valence electrons. The quantitative estimate of drug-likeness (QED) is 0.852. The molecule has 0 saturated carbocycles. The predicted molar refractivity (Wildman–Crippen MR) is 73.4 cm³/mol. The van der Waals surface area contributed by atoms with Crippen molar-refractivity contribution in [3.05, 3.63) is 59.7 Å². The van der Waals surface area contributed by atoms with Crippen LogP contribution < -0.4 is 5.73 Å². The monoisotopic (exact) mass is 293 g/mol. The Labute approximate surface area is 119 Å². The van der Waals surface area contributed by atoms with Crippen LogP contribution in [0.4, 0.5) is 8.78 Å². The summed E-state index contributed by atoms with van der Waals surface area (Å²) in [5.74, 6) is -1.96. The van der Waals surface area contributed by atoms with Gasteiger partial charge in [-0.1, -0.05) is 24.3 Å². The van der Waals surface area contributed by atoms with Gasteiger partial charge in [0.25, 0.3) is 0 Å². The average molecular weight is 293 g/mol. The van der Waals surface area contributed by atoms with E-state index in [1.807, 2.05) is 0 Å². The molecule has 0 fully saturated rings. The lowest BCUT2D eigenvalue weighted by atomic mass is 10.0. The normalized spacial score (nSPS) is 9.43. The van der Waals surface area contributed by atoms with E-state index in [2.05, 4.69) is 5.73 Å². The lowest BCUT2D eigenvalue weighted by Crippen LogP contribution is -1.99. The molecule has 0 atom stereocenters. The van der Waals surface area contributed by atoms with Crippen molar-refractivity contribution in [3.8, 4) is 11.1 Å². The van der Waals surface area contributed by atoms with E-state index in [1.54, 1.807) is 24.3 Å². The maximum Gasteiger partial charge on any atom is 0.307 e. The van der Waals surface area contributed by atoms with Gasteiger partial charge in [-0.25, -0.2) is 8.78 Å². The summed E-state index contributed by atoms with van der Waals surface area (Å²) in [5.41, 5.74) is 5.46. The van der Waals surface area contributed by atoms with E-state index in [1.165, 1.54) is 0 Å². The Bertz CT molecular complexity index is 627. The van der Waals surface area contributed by atoms with E-state index in [9.17, 15) is 13.6 Å². The lowest BCUT2D eigenvalue weighted by molar-refractivity contribution is -0.136. The topological polar surface area (TPSA) is 80.4 Å². The van der Waals surface area contributed by atoms with Crippen LogP contribution in [0.3, 0.4) is 0 Å². The van der Waals surface area contributed by atoms with Gasteiger partial charge in [0.2, 0.25) is 6.41 Å². The zero-order valence-corrected chi connectivity index (χ0v) is 10.9. The molecule has 21 heavy (non-hydrogen) atoms. The zero-order valence-electron chi connectivity index (χ0n) is 10.9. The van der Waals surface area contributed by atoms with Crippen molar-refractivity contribution in [3.63, 3.8) is 0 Å². The maximum atomic E-state index is 13.5. The minimum absolute atomic E-state index is 0.0914. The molecule has 0 aromatic heterocycles. The van der Waals surface area contributed by atoms with E-state index in [0.717, 1.165) is 18.2 Å². The van der Waals surface area contributed by atoms with Crippen LogP contribution in [-0.4, -0.2) is 17.5 Å². The Morgan fingerprint density at radius 1 is 1.14 bits per heavy atom. The van der Waals surface area contributed by atoms with Crippen LogP contribution >= 0.6 is 0 Å². The molecular weight excluding hydrogens is 280 g/mol. The molecular formula is C15H13F2NO3. The standard InChI is InChI=1S/C14H10F2O2.CH3NO/c15-11-5-6-13(16)12(8-11)10-3-1-9(2-4-10)7-14(17)18;2-1-3/h1-6,8H,7H2,(H,17,18);1H,(H2,2,3). The third-order valence-electron chi connectivity index (χ3n) is 2.55. The smallest absolute Gasteiger partial charge is 0.307 e. The van der Waals surface area contributed by atoms with Gasteiger partial charge in [0.15, 0.2) is 0 Å². The maximum absolute atomic E-state index is 13.5. The number of halogens is 2. The number of carbonyl (C=O) groups is 2. The Hall–Kier alpha value is -2.76. The van der Waals surface area contributed by atoms with Crippen molar-refractivity contribution in [1.29, 1.82) is 0 Å². The number of benzene rings is 2. The fourth-order valence-electron chi connectivity index (χ4n) is 1.70. The van der Waals surface area contributed by atoms with Gasteiger partial charge in [-0.2, -0.15) is 0 Å². The highest BCUT2D eigenvalue weighted by Crippen LogP contribution is 2.24. The van der Waals surface area contributed by atoms with Crippen LogP contribution in [0.2, 0.25) is 0 Å². The van der Waals surface area contributed by atoms with E-state index in [4.69, 9.17) is 9.90 Å². The Balaban J connectivity index is 0.000000677. The summed E-state index contributed by atoms with van der Waals surface area (Å²) in [6.07, 6.45) is 0.159. The molecule has 4 nitrogen and oxygen atoms in total. The molecule has 0 aliphatic heterocycles. The number of primary amides is 1. The number of carboxylic acids is 1. The van der Waals surface area contributed by atoms with E-state index in [0.29, 0.717) is 11.1 Å². The van der Waals surface area contributed by atoms with Gasteiger partial charge in [0.1, 0.15) is 11.6 Å². The van der Waals surface area contributed by atoms with E-state index < -0.39 is 17.6 Å². The summed E-state index contributed by atoms with van der Waals surface area (Å²) in [7, 11) is 0. The minimum atomic E-state index is -0.931. The van der Waals surface area contributed by atoms with Gasteiger partial charge < -0.3 is 10.8 Å². The molecule has 3 N–H and O–H groups in total. The van der Waals surface area contributed by atoms with E-state index >= 15 is 0 Å². The number of rotatable bonds is 3. The van der Waals surface area contributed by atoms with Crippen LogP contribution in [0.15, 0.2) is 42.5 Å². The summed E-state index contributed by atoms with van der Waals surface area (Å²) in [5, 5.41) is 8.62. The lowest BCUT2D eigenvalue weighted by Gasteiger charge is -2.05. The van der Waals surface area contributed by atoms with Crippen molar-refractivity contribution in [2.45, 2.75) is 6.42 Å². The number of hydrogen-bond donors (Lipinski definition) is 2. The van der Waals surface area contributed by atoms with Gasteiger partial charge in [0.05, 0.1) is 6.42 Å². The molecule has 2 rings (SSSR count). The first kappa shape index (κ1) is 16.3. The first-order chi connectivity index (χ1) is 9.97. The van der Waals surface area contributed by atoms with Crippen LogP contribution in [0.1, 0.15) is 5.56 Å². The number of aliphatic carboxylic acids is 1. The third kappa shape index (κ3) is 5.02. The second-order valence-corrected chi connectivity index (χ2v) is 4.03. The molecule has 2 aromatic rings. The van der Waals surface area contributed by atoms with Gasteiger partial charge in [-0.05, 0) is 29.3 Å². The molecule has 0 aliphatic carbocycles. The number of carboxylic acid groups (broad SMARTS) is 1. The molecule has 0 unspecified atom stereocenters. The Kier molecular flexibility index (Phi) is 6.00. The van der Waals surface area contributed by atoms with Crippen molar-refractivity contribution in [1.82, 2.24) is 0 Å². The molecule has 6 heteroatoms. The molecule has 0 heterocycles. The second-order valence-electron chi connectivity index (χ2n) is 4.03. The zero-order chi connectivity index (χ0) is 15.8. The largest absolute Gasteiger partial charge is 0.481 e. The fraction of sp³-hybridized carbons (Fsp3) is 0.0667. The Morgan fingerprint density at radius 3 is 2.24 bits per heavy atom. The highest BCUT2D eigenvalue weighted by Gasteiger charge is 2.07. The molecule has 0 saturated heterocycles.